The summed E-state index contributed by atoms with van der Waals surface area (Å²) in [5, 5.41) is 6.89. The maximum atomic E-state index is 13.4. The highest BCUT2D eigenvalue weighted by Gasteiger charge is 2.19. The first-order chi connectivity index (χ1) is 14.6. The molecule has 4 rings (SSSR count). The smallest absolute Gasteiger partial charge is 0.251 e. The van der Waals surface area contributed by atoms with Crippen LogP contribution in [0.5, 0.6) is 0 Å². The first kappa shape index (κ1) is 21.1. The number of hydrogen-bond acceptors (Lipinski definition) is 4. The Balaban J connectivity index is 1.16. The van der Waals surface area contributed by atoms with Gasteiger partial charge in [-0.15, -0.1) is 11.3 Å². The zero-order chi connectivity index (χ0) is 20.9. The molecule has 2 aromatic carbocycles. The molecule has 2 heterocycles. The highest BCUT2D eigenvalue weighted by atomic mass is 35.5. The van der Waals surface area contributed by atoms with Crippen LogP contribution >= 0.6 is 22.9 Å². The van der Waals surface area contributed by atoms with Crippen molar-refractivity contribution in [2.24, 2.45) is 0 Å². The number of thiophene rings is 1. The Morgan fingerprint density at radius 1 is 1.07 bits per heavy atom. The lowest BCUT2D eigenvalue weighted by atomic mass is 10.2. The third-order valence-corrected chi connectivity index (χ3v) is 6.71. The Kier molecular flexibility index (Phi) is 6.87. The van der Waals surface area contributed by atoms with Crippen LogP contribution in [0.2, 0.25) is 5.02 Å². The number of benzene rings is 2. The highest BCUT2D eigenvalue weighted by molar-refractivity contribution is 7.17. The molecular formula is C23H25ClFN3OS. The molecule has 0 aliphatic carbocycles. The minimum absolute atomic E-state index is 0.0526. The number of unbranched alkanes of at least 4 members (excludes halogenated alkanes) is 1. The number of carbonyl (C=O) groups excluding carboxylic acids is 1. The topological polar surface area (TPSA) is 35.6 Å². The molecule has 1 aromatic heterocycles. The van der Waals surface area contributed by atoms with Crippen molar-refractivity contribution < 1.29 is 9.18 Å². The SMILES string of the molecule is O=C(NCCCCN1CCN(c2csc3cc(F)ccc23)CC1)c1ccc(Cl)cc1. The molecule has 1 aliphatic rings. The summed E-state index contributed by atoms with van der Waals surface area (Å²) in [4.78, 5) is 17.0. The van der Waals surface area contributed by atoms with Gasteiger partial charge in [-0.2, -0.15) is 0 Å². The lowest BCUT2D eigenvalue weighted by Crippen LogP contribution is -2.46. The molecule has 158 valence electrons. The van der Waals surface area contributed by atoms with Crippen molar-refractivity contribution in [3.8, 4) is 0 Å². The van der Waals surface area contributed by atoms with Crippen LogP contribution in [0.4, 0.5) is 10.1 Å². The Hall–Kier alpha value is -2.15. The molecule has 1 saturated heterocycles. The molecular weight excluding hydrogens is 421 g/mol. The van der Waals surface area contributed by atoms with Crippen LogP contribution in [0.25, 0.3) is 10.1 Å². The molecule has 0 bridgehead atoms. The second-order valence-corrected chi connectivity index (χ2v) is 8.91. The number of nitrogens with zero attached hydrogens (tertiary/aromatic N) is 2. The van der Waals surface area contributed by atoms with Crippen molar-refractivity contribution in [1.82, 2.24) is 10.2 Å². The molecule has 0 spiro atoms. The maximum Gasteiger partial charge on any atom is 0.251 e. The van der Waals surface area contributed by atoms with E-state index in [1.54, 1.807) is 47.7 Å². The van der Waals surface area contributed by atoms with E-state index in [1.807, 2.05) is 6.07 Å². The largest absolute Gasteiger partial charge is 0.368 e. The van der Waals surface area contributed by atoms with Crippen LogP contribution in [-0.4, -0.2) is 50.1 Å². The minimum Gasteiger partial charge on any atom is -0.368 e. The van der Waals surface area contributed by atoms with Gasteiger partial charge < -0.3 is 10.2 Å². The predicted octanol–water partition coefficient (Wildman–Crippen LogP) is 5.03. The first-order valence-corrected chi connectivity index (χ1v) is 11.5. The van der Waals surface area contributed by atoms with Gasteiger partial charge in [0, 0.05) is 58.8 Å². The molecule has 3 aromatic rings. The highest BCUT2D eigenvalue weighted by Crippen LogP contribution is 2.34. The van der Waals surface area contributed by atoms with Crippen molar-refractivity contribution in [3.63, 3.8) is 0 Å². The van der Waals surface area contributed by atoms with Crippen LogP contribution in [0.1, 0.15) is 23.2 Å². The van der Waals surface area contributed by atoms with E-state index in [0.717, 1.165) is 55.7 Å². The minimum atomic E-state index is -0.176. The van der Waals surface area contributed by atoms with Crippen molar-refractivity contribution in [3.05, 3.63) is 64.2 Å². The molecule has 30 heavy (non-hydrogen) atoms. The number of hydrogen-bond donors (Lipinski definition) is 1. The van der Waals surface area contributed by atoms with Crippen LogP contribution in [-0.2, 0) is 0 Å². The van der Waals surface area contributed by atoms with Gasteiger partial charge in [0.15, 0.2) is 0 Å². The molecule has 0 radical (unpaired) electrons. The summed E-state index contributed by atoms with van der Waals surface area (Å²) in [5.74, 6) is -0.228. The second-order valence-electron chi connectivity index (χ2n) is 7.56. The average molecular weight is 446 g/mol. The monoisotopic (exact) mass is 445 g/mol. The molecule has 4 nitrogen and oxygen atoms in total. The molecule has 1 aliphatic heterocycles. The van der Waals surface area contributed by atoms with Crippen molar-refractivity contribution in [2.45, 2.75) is 12.8 Å². The van der Waals surface area contributed by atoms with Gasteiger partial charge in [-0.25, -0.2) is 4.39 Å². The van der Waals surface area contributed by atoms with Gasteiger partial charge >= 0.3 is 0 Å². The number of halogens is 2. The van der Waals surface area contributed by atoms with E-state index >= 15 is 0 Å². The van der Waals surface area contributed by atoms with E-state index in [9.17, 15) is 9.18 Å². The maximum absolute atomic E-state index is 13.4. The van der Waals surface area contributed by atoms with E-state index in [0.29, 0.717) is 17.1 Å². The van der Waals surface area contributed by atoms with Gasteiger partial charge in [0.1, 0.15) is 5.82 Å². The summed E-state index contributed by atoms with van der Waals surface area (Å²) in [6.45, 7) is 5.73. The Bertz CT molecular complexity index is 999. The lowest BCUT2D eigenvalue weighted by molar-refractivity contribution is 0.0952. The third kappa shape index (κ3) is 5.12. The van der Waals surface area contributed by atoms with Gasteiger partial charge in [-0.05, 0) is 61.9 Å². The number of carbonyl (C=O) groups is 1. The van der Waals surface area contributed by atoms with Crippen molar-refractivity contribution >= 4 is 44.6 Å². The summed E-state index contributed by atoms with van der Waals surface area (Å²) in [6.07, 6.45) is 2.02. The average Bonchev–Trinajstić information content (AvgIpc) is 3.17. The number of rotatable bonds is 7. The van der Waals surface area contributed by atoms with Gasteiger partial charge in [-0.3, -0.25) is 9.69 Å². The summed E-state index contributed by atoms with van der Waals surface area (Å²) < 4.78 is 14.4. The van der Waals surface area contributed by atoms with Gasteiger partial charge in [-0.1, -0.05) is 11.6 Å². The van der Waals surface area contributed by atoms with E-state index in [1.165, 1.54) is 5.69 Å². The van der Waals surface area contributed by atoms with Gasteiger partial charge in [0.25, 0.3) is 5.91 Å². The number of nitrogens with one attached hydrogen (secondary N) is 1. The summed E-state index contributed by atoms with van der Waals surface area (Å²) in [7, 11) is 0. The lowest BCUT2D eigenvalue weighted by Gasteiger charge is -2.35. The molecule has 1 amide bonds. The Labute approximate surface area is 185 Å². The van der Waals surface area contributed by atoms with E-state index in [4.69, 9.17) is 11.6 Å². The zero-order valence-corrected chi connectivity index (χ0v) is 18.3. The van der Waals surface area contributed by atoms with Crippen LogP contribution in [0.15, 0.2) is 47.8 Å². The Morgan fingerprint density at radius 3 is 2.60 bits per heavy atom. The number of anilines is 1. The van der Waals surface area contributed by atoms with E-state index in [-0.39, 0.29) is 11.7 Å². The normalized spacial score (nSPS) is 14.9. The van der Waals surface area contributed by atoms with Crippen LogP contribution < -0.4 is 10.2 Å². The fourth-order valence-corrected chi connectivity index (χ4v) is 4.93. The molecule has 0 atom stereocenters. The third-order valence-electron chi connectivity index (χ3n) is 5.52. The summed E-state index contributed by atoms with van der Waals surface area (Å²) >= 11 is 7.46. The van der Waals surface area contributed by atoms with Crippen LogP contribution in [0, 0.1) is 5.82 Å². The zero-order valence-electron chi connectivity index (χ0n) is 16.7. The first-order valence-electron chi connectivity index (χ1n) is 10.3. The number of fused-ring (bicyclic) bond motifs is 1. The Morgan fingerprint density at radius 2 is 1.83 bits per heavy atom. The van der Waals surface area contributed by atoms with E-state index in [2.05, 4.69) is 20.5 Å². The molecule has 0 saturated carbocycles. The fourth-order valence-electron chi connectivity index (χ4n) is 3.81. The quantitative estimate of drug-likeness (QED) is 0.518. The molecule has 7 heteroatoms. The van der Waals surface area contributed by atoms with Gasteiger partial charge in [0.05, 0.1) is 5.69 Å². The summed E-state index contributed by atoms with van der Waals surface area (Å²) in [5.41, 5.74) is 1.86. The molecule has 1 fully saturated rings. The fraction of sp³-hybridized carbons (Fsp3) is 0.348. The molecule has 1 N–H and O–H groups in total. The van der Waals surface area contributed by atoms with Crippen molar-refractivity contribution in [2.75, 3.05) is 44.2 Å². The number of piperazine rings is 1. The number of amides is 1. The van der Waals surface area contributed by atoms with Crippen molar-refractivity contribution in [1.29, 1.82) is 0 Å². The van der Waals surface area contributed by atoms with E-state index < -0.39 is 0 Å². The predicted molar refractivity (Wildman–Crippen MR) is 123 cm³/mol. The summed E-state index contributed by atoms with van der Waals surface area (Å²) in [6, 6.07) is 12.0. The second kappa shape index (κ2) is 9.77. The van der Waals surface area contributed by atoms with Gasteiger partial charge in [0.2, 0.25) is 0 Å². The molecule has 0 unspecified atom stereocenters. The standard InChI is InChI=1S/C23H25ClFN3OS/c24-18-5-3-17(4-6-18)23(29)26-9-1-2-10-27-11-13-28(14-12-27)21-16-30-22-15-19(25)7-8-20(21)22/h3-8,15-16H,1-2,9-14H2,(H,26,29). The van der Waals surface area contributed by atoms with Crippen LogP contribution in [0.3, 0.4) is 0 Å².